The standard InChI is InChI=1S/C19H20F3N5O2/c1-10-6-11(19(20,21)22)7-13(28)15(10)17-25-16-18(27(17)3)23-8-14(24-16)29-12-4-5-26(2)9-12/h6-8,12,28H,4-5,9H2,1-3H3/t12-/m1/s1. The van der Waals surface area contributed by atoms with Crippen LogP contribution in [0.5, 0.6) is 11.6 Å². The molecular formula is C19H20F3N5O2. The lowest BCUT2D eigenvalue weighted by Gasteiger charge is -2.13. The maximum absolute atomic E-state index is 13.0. The summed E-state index contributed by atoms with van der Waals surface area (Å²) < 4.78 is 46.4. The molecule has 1 saturated heterocycles. The molecular weight excluding hydrogens is 387 g/mol. The summed E-state index contributed by atoms with van der Waals surface area (Å²) in [5.41, 5.74) is 0.282. The van der Waals surface area contributed by atoms with E-state index in [-0.39, 0.29) is 23.1 Å². The summed E-state index contributed by atoms with van der Waals surface area (Å²) in [6, 6.07) is 1.69. The van der Waals surface area contributed by atoms with Crippen LogP contribution >= 0.6 is 0 Å². The van der Waals surface area contributed by atoms with E-state index in [4.69, 9.17) is 4.74 Å². The van der Waals surface area contributed by atoms with Crippen LogP contribution in [0.4, 0.5) is 13.2 Å². The minimum atomic E-state index is -4.54. The Morgan fingerprint density at radius 3 is 2.59 bits per heavy atom. The molecule has 10 heteroatoms. The van der Waals surface area contributed by atoms with Crippen molar-refractivity contribution in [3.63, 3.8) is 0 Å². The first kappa shape index (κ1) is 19.4. The maximum atomic E-state index is 13.0. The van der Waals surface area contributed by atoms with Crippen LogP contribution in [0.25, 0.3) is 22.7 Å². The van der Waals surface area contributed by atoms with Crippen molar-refractivity contribution in [2.24, 2.45) is 7.05 Å². The van der Waals surface area contributed by atoms with E-state index in [1.165, 1.54) is 13.1 Å². The number of benzene rings is 1. The fourth-order valence-electron chi connectivity index (χ4n) is 3.61. The summed E-state index contributed by atoms with van der Waals surface area (Å²) in [4.78, 5) is 15.3. The Hall–Kier alpha value is -2.88. The predicted molar refractivity (Wildman–Crippen MR) is 99.7 cm³/mol. The molecule has 0 amide bonds. The summed E-state index contributed by atoms with van der Waals surface area (Å²) in [5, 5.41) is 10.3. The molecule has 0 spiro atoms. The zero-order valence-electron chi connectivity index (χ0n) is 16.2. The molecule has 4 rings (SSSR count). The maximum Gasteiger partial charge on any atom is 0.416 e. The van der Waals surface area contributed by atoms with Crippen molar-refractivity contribution >= 4 is 11.3 Å². The molecule has 1 aliphatic rings. The first-order valence-electron chi connectivity index (χ1n) is 9.09. The molecule has 0 radical (unpaired) electrons. The third-order valence-corrected chi connectivity index (χ3v) is 5.06. The SMILES string of the molecule is Cc1cc(C(F)(F)F)cc(O)c1-c1nc2nc(O[C@@H]3CCN(C)C3)cnc2n1C. The van der Waals surface area contributed by atoms with E-state index in [0.717, 1.165) is 25.6 Å². The van der Waals surface area contributed by atoms with Crippen molar-refractivity contribution in [1.82, 2.24) is 24.4 Å². The second-order valence-electron chi connectivity index (χ2n) is 7.33. The number of aryl methyl sites for hydroxylation is 2. The Bertz CT molecular complexity index is 1060. The van der Waals surface area contributed by atoms with Gasteiger partial charge in [0.15, 0.2) is 5.65 Å². The highest BCUT2D eigenvalue weighted by molar-refractivity contribution is 5.78. The highest BCUT2D eigenvalue weighted by Crippen LogP contribution is 2.39. The number of aromatic nitrogens is 4. The van der Waals surface area contributed by atoms with Gasteiger partial charge in [-0.2, -0.15) is 18.2 Å². The molecule has 3 heterocycles. The van der Waals surface area contributed by atoms with E-state index in [0.29, 0.717) is 23.2 Å². The topological polar surface area (TPSA) is 76.3 Å². The third-order valence-electron chi connectivity index (χ3n) is 5.06. The van der Waals surface area contributed by atoms with Crippen molar-refractivity contribution in [3.8, 4) is 23.0 Å². The molecule has 0 unspecified atom stereocenters. The number of aromatic hydroxyl groups is 1. The highest BCUT2D eigenvalue weighted by atomic mass is 19.4. The van der Waals surface area contributed by atoms with Crippen molar-refractivity contribution in [2.75, 3.05) is 20.1 Å². The Morgan fingerprint density at radius 1 is 1.21 bits per heavy atom. The monoisotopic (exact) mass is 407 g/mol. The number of halogens is 3. The minimum absolute atomic E-state index is 0.0242. The zero-order chi connectivity index (χ0) is 20.9. The number of nitrogens with zero attached hydrogens (tertiary/aromatic N) is 5. The van der Waals surface area contributed by atoms with Crippen LogP contribution in [0.3, 0.4) is 0 Å². The van der Waals surface area contributed by atoms with E-state index in [2.05, 4.69) is 19.9 Å². The number of fused-ring (bicyclic) bond motifs is 1. The van der Waals surface area contributed by atoms with Gasteiger partial charge in [-0.1, -0.05) is 0 Å². The van der Waals surface area contributed by atoms with E-state index in [1.807, 2.05) is 7.05 Å². The van der Waals surface area contributed by atoms with Gasteiger partial charge in [0.2, 0.25) is 11.5 Å². The van der Waals surface area contributed by atoms with Crippen molar-refractivity contribution in [2.45, 2.75) is 25.6 Å². The number of rotatable bonds is 3. The molecule has 1 aliphatic heterocycles. The average Bonchev–Trinajstić information content (AvgIpc) is 3.17. The van der Waals surface area contributed by atoms with Crippen molar-refractivity contribution < 1.29 is 23.0 Å². The summed E-state index contributed by atoms with van der Waals surface area (Å²) in [6.07, 6.45) is -2.12. The molecule has 154 valence electrons. The smallest absolute Gasteiger partial charge is 0.416 e. The van der Waals surface area contributed by atoms with Gasteiger partial charge in [-0.15, -0.1) is 0 Å². The molecule has 1 atom stereocenters. The largest absolute Gasteiger partial charge is 0.507 e. The fourth-order valence-corrected chi connectivity index (χ4v) is 3.61. The van der Waals surface area contributed by atoms with Gasteiger partial charge in [0.25, 0.3) is 0 Å². The number of likely N-dealkylation sites (N-methyl/N-ethyl adjacent to an activating group) is 1. The molecule has 29 heavy (non-hydrogen) atoms. The first-order valence-corrected chi connectivity index (χ1v) is 9.09. The second-order valence-corrected chi connectivity index (χ2v) is 7.33. The number of alkyl halides is 3. The van der Waals surface area contributed by atoms with Crippen LogP contribution in [-0.4, -0.2) is 55.8 Å². The van der Waals surface area contributed by atoms with Crippen LogP contribution in [0.1, 0.15) is 17.5 Å². The lowest BCUT2D eigenvalue weighted by atomic mass is 10.0. The summed E-state index contributed by atoms with van der Waals surface area (Å²) in [6.45, 7) is 3.24. The van der Waals surface area contributed by atoms with Crippen molar-refractivity contribution in [3.05, 3.63) is 29.5 Å². The van der Waals surface area contributed by atoms with Crippen LogP contribution in [0, 0.1) is 6.92 Å². The average molecular weight is 407 g/mol. The second kappa shape index (κ2) is 6.87. The summed E-state index contributed by atoms with van der Waals surface area (Å²) in [5.74, 6) is 0.124. The minimum Gasteiger partial charge on any atom is -0.507 e. The molecule has 7 nitrogen and oxygen atoms in total. The molecule has 2 aromatic heterocycles. The Balaban J connectivity index is 1.72. The van der Waals surface area contributed by atoms with Gasteiger partial charge in [0.05, 0.1) is 17.3 Å². The molecule has 1 fully saturated rings. The third kappa shape index (κ3) is 3.59. The zero-order valence-corrected chi connectivity index (χ0v) is 16.2. The van der Waals surface area contributed by atoms with Gasteiger partial charge in [-0.25, -0.2) is 9.97 Å². The Morgan fingerprint density at radius 2 is 1.97 bits per heavy atom. The van der Waals surface area contributed by atoms with Crippen LogP contribution in [0.15, 0.2) is 18.3 Å². The van der Waals surface area contributed by atoms with E-state index >= 15 is 0 Å². The molecule has 0 bridgehead atoms. The summed E-state index contributed by atoms with van der Waals surface area (Å²) >= 11 is 0. The van der Waals surface area contributed by atoms with E-state index in [1.54, 1.807) is 11.6 Å². The molecule has 1 aromatic carbocycles. The quantitative estimate of drug-likeness (QED) is 0.719. The number of phenolic OH excluding ortho intramolecular Hbond substituents is 1. The van der Waals surface area contributed by atoms with E-state index < -0.39 is 17.5 Å². The summed E-state index contributed by atoms with van der Waals surface area (Å²) in [7, 11) is 3.69. The number of imidazole rings is 1. The lowest BCUT2D eigenvalue weighted by Crippen LogP contribution is -2.21. The number of hydrogen-bond donors (Lipinski definition) is 1. The van der Waals surface area contributed by atoms with Gasteiger partial charge >= 0.3 is 6.18 Å². The number of hydrogen-bond acceptors (Lipinski definition) is 6. The molecule has 0 aliphatic carbocycles. The Kier molecular flexibility index (Phi) is 4.60. The van der Waals surface area contributed by atoms with Gasteiger partial charge in [0.1, 0.15) is 17.7 Å². The molecule has 1 N–H and O–H groups in total. The van der Waals surface area contributed by atoms with Crippen LogP contribution < -0.4 is 4.74 Å². The van der Waals surface area contributed by atoms with Crippen LogP contribution in [0.2, 0.25) is 0 Å². The number of phenols is 1. The van der Waals surface area contributed by atoms with Gasteiger partial charge < -0.3 is 19.3 Å². The fraction of sp³-hybridized carbons (Fsp3) is 0.421. The lowest BCUT2D eigenvalue weighted by molar-refractivity contribution is -0.137. The van der Waals surface area contributed by atoms with Gasteiger partial charge in [-0.3, -0.25) is 0 Å². The van der Waals surface area contributed by atoms with Gasteiger partial charge in [0, 0.05) is 20.1 Å². The highest BCUT2D eigenvalue weighted by Gasteiger charge is 2.32. The van der Waals surface area contributed by atoms with Gasteiger partial charge in [-0.05, 0) is 38.1 Å². The van der Waals surface area contributed by atoms with Crippen LogP contribution in [-0.2, 0) is 13.2 Å². The van der Waals surface area contributed by atoms with E-state index in [9.17, 15) is 18.3 Å². The molecule has 0 saturated carbocycles. The molecule has 3 aromatic rings. The van der Waals surface area contributed by atoms with Crippen molar-refractivity contribution in [1.29, 1.82) is 0 Å². The predicted octanol–water partition coefficient (Wildman–Crippen LogP) is 3.15. The number of likely N-dealkylation sites (tertiary alicyclic amines) is 1. The normalized spacial score (nSPS) is 17.9. The first-order chi connectivity index (χ1) is 13.6. The number of ether oxygens (including phenoxy) is 1. The Labute approximate surface area is 164 Å².